The number of hydrogen-bond acceptors (Lipinski definition) is 9. The van der Waals surface area contributed by atoms with Gasteiger partial charge in [0.25, 0.3) is 0 Å². The molecule has 1 saturated heterocycles. The molecule has 6 rings (SSSR count). The predicted molar refractivity (Wildman–Crippen MR) is 178 cm³/mol. The van der Waals surface area contributed by atoms with Gasteiger partial charge in [0, 0.05) is 30.8 Å². The van der Waals surface area contributed by atoms with Crippen LogP contribution in [0.25, 0.3) is 16.8 Å². The minimum absolute atomic E-state index is 0.0253. The summed E-state index contributed by atoms with van der Waals surface area (Å²) >= 11 is 1.49. The van der Waals surface area contributed by atoms with Gasteiger partial charge >= 0.3 is 6.03 Å². The highest BCUT2D eigenvalue weighted by molar-refractivity contribution is 7.99. The minimum Gasteiger partial charge on any atom is -0.508 e. The van der Waals surface area contributed by atoms with E-state index in [0.29, 0.717) is 30.4 Å². The first kappa shape index (κ1) is 32.2. The number of benzene rings is 4. The van der Waals surface area contributed by atoms with Crippen molar-refractivity contribution in [2.24, 2.45) is 0 Å². The molecule has 0 radical (unpaired) electrons. The van der Waals surface area contributed by atoms with Gasteiger partial charge in [0.15, 0.2) is 6.29 Å². The molecular weight excluding hydrogens is 616 g/mol. The van der Waals surface area contributed by atoms with Gasteiger partial charge in [-0.05, 0) is 81.6 Å². The molecule has 11 nitrogen and oxygen atoms in total. The van der Waals surface area contributed by atoms with Crippen LogP contribution in [0.4, 0.5) is 4.79 Å². The Morgan fingerprint density at radius 1 is 0.915 bits per heavy atom. The third kappa shape index (κ3) is 8.16. The van der Waals surface area contributed by atoms with Crippen molar-refractivity contribution >= 4 is 17.8 Å². The Morgan fingerprint density at radius 2 is 1.68 bits per heavy atom. The number of thioether (sulfide) groups is 1. The maximum atomic E-state index is 11.9. The van der Waals surface area contributed by atoms with Crippen LogP contribution in [-0.2, 0) is 22.6 Å². The number of carbonyl (C=O) groups excluding carboxylic acids is 1. The summed E-state index contributed by atoms with van der Waals surface area (Å²) in [5, 5.41) is 37.7. The Morgan fingerprint density at radius 3 is 2.45 bits per heavy atom. The molecule has 1 aliphatic rings. The van der Waals surface area contributed by atoms with E-state index in [1.54, 1.807) is 28.9 Å². The molecule has 1 fully saturated rings. The second-order valence-corrected chi connectivity index (χ2v) is 12.1. The van der Waals surface area contributed by atoms with Crippen LogP contribution in [0.3, 0.4) is 0 Å². The molecule has 242 valence electrons. The van der Waals surface area contributed by atoms with Crippen LogP contribution in [0, 0.1) is 0 Å². The Balaban J connectivity index is 1.22. The lowest BCUT2D eigenvalue weighted by molar-refractivity contribution is -0.245. The lowest BCUT2D eigenvalue weighted by Crippen LogP contribution is -2.34. The van der Waals surface area contributed by atoms with Crippen LogP contribution >= 0.6 is 11.8 Å². The average molecular weight is 653 g/mol. The molecule has 2 amide bonds. The maximum Gasteiger partial charge on any atom is 0.315 e. The average Bonchev–Trinajstić information content (AvgIpc) is 3.59. The van der Waals surface area contributed by atoms with Gasteiger partial charge < -0.3 is 30.3 Å². The summed E-state index contributed by atoms with van der Waals surface area (Å²) in [7, 11) is 0. The minimum atomic E-state index is -0.632. The molecule has 0 saturated carbocycles. The number of phenolic OH excluding ortho intramolecular Hbond substituents is 1. The van der Waals surface area contributed by atoms with Gasteiger partial charge in [0.2, 0.25) is 5.16 Å². The molecule has 12 heteroatoms. The topological polar surface area (TPSA) is 144 Å². The summed E-state index contributed by atoms with van der Waals surface area (Å²) in [4.78, 5) is 11.9. The molecule has 1 aliphatic heterocycles. The Bertz CT molecular complexity index is 1780. The maximum absolute atomic E-state index is 11.9. The quantitative estimate of drug-likeness (QED) is 0.132. The number of carbonyl (C=O) groups is 1. The molecule has 3 unspecified atom stereocenters. The van der Waals surface area contributed by atoms with Crippen LogP contribution in [0.15, 0.2) is 102 Å². The van der Waals surface area contributed by atoms with E-state index in [9.17, 15) is 15.0 Å². The van der Waals surface area contributed by atoms with E-state index in [-0.39, 0.29) is 30.6 Å². The number of rotatable bonds is 11. The van der Waals surface area contributed by atoms with Gasteiger partial charge in [-0.25, -0.2) is 4.79 Å². The lowest BCUT2D eigenvalue weighted by Gasteiger charge is -2.36. The Kier molecular flexibility index (Phi) is 10.4. The van der Waals surface area contributed by atoms with Crippen LogP contribution in [0.1, 0.15) is 48.0 Å². The van der Waals surface area contributed by atoms with E-state index < -0.39 is 6.29 Å². The molecule has 0 spiro atoms. The number of phenols is 1. The van der Waals surface area contributed by atoms with Crippen LogP contribution in [-0.4, -0.2) is 54.9 Å². The first-order valence-electron chi connectivity index (χ1n) is 15.4. The van der Waals surface area contributed by atoms with Gasteiger partial charge in [-0.2, -0.15) is 4.68 Å². The molecule has 5 aromatic rings. The number of nitrogens with zero attached hydrogens (tertiary/aromatic N) is 4. The molecule has 4 aromatic carbocycles. The molecule has 1 aromatic heterocycles. The van der Waals surface area contributed by atoms with Gasteiger partial charge in [-0.1, -0.05) is 72.4 Å². The molecule has 2 heterocycles. The Hall–Kier alpha value is -4.75. The van der Waals surface area contributed by atoms with Crippen LogP contribution < -0.4 is 10.6 Å². The van der Waals surface area contributed by atoms with Crippen molar-refractivity contribution in [1.82, 2.24) is 30.8 Å². The Labute approximate surface area is 276 Å². The second-order valence-electron chi connectivity index (χ2n) is 11.1. The fraction of sp³-hybridized carbons (Fsp3) is 0.257. The van der Waals surface area contributed by atoms with Crippen molar-refractivity contribution in [1.29, 1.82) is 0 Å². The smallest absolute Gasteiger partial charge is 0.315 e. The number of aliphatic hydroxyl groups is 1. The molecule has 0 aliphatic carbocycles. The first-order valence-corrected chi connectivity index (χ1v) is 16.4. The van der Waals surface area contributed by atoms with E-state index in [2.05, 4.69) is 38.3 Å². The van der Waals surface area contributed by atoms with Gasteiger partial charge in [0.05, 0.1) is 24.5 Å². The zero-order valence-electron chi connectivity index (χ0n) is 25.8. The SMILES string of the molecule is CCNC(=O)NCc1cccc(-c2cccc(C3OC(CSc4nnnn4-c4ccc(O)cc4)CC(c4ccc(CO)cc4)O3)c2)c1. The fourth-order valence-electron chi connectivity index (χ4n) is 5.35. The summed E-state index contributed by atoms with van der Waals surface area (Å²) < 4.78 is 14.8. The summed E-state index contributed by atoms with van der Waals surface area (Å²) in [5.74, 6) is 0.741. The highest BCUT2D eigenvalue weighted by Gasteiger charge is 2.33. The van der Waals surface area contributed by atoms with Gasteiger partial charge in [-0.3, -0.25) is 0 Å². The standard InChI is InChI=1S/C35H36N6O5S/c1-2-36-34(44)37-20-24-5-3-6-26(17-24)27-7-4-8-28(18-27)33-45-31(19-32(46-33)25-11-9-23(21-42)10-12-25)22-47-35-38-39-40-41(35)29-13-15-30(43)16-14-29/h3-18,31-33,42-43H,2,19-22H2,1H3,(H2,36,37,44). The third-order valence-corrected chi connectivity index (χ3v) is 8.81. The molecule has 3 atom stereocenters. The monoisotopic (exact) mass is 652 g/mol. The molecule has 47 heavy (non-hydrogen) atoms. The summed E-state index contributed by atoms with van der Waals surface area (Å²) in [6.07, 6.45) is -0.457. The van der Waals surface area contributed by atoms with Crippen molar-refractivity contribution in [2.45, 2.75) is 50.2 Å². The number of aromatic hydroxyl groups is 1. The van der Waals surface area contributed by atoms with Crippen LogP contribution in [0.5, 0.6) is 5.75 Å². The first-order chi connectivity index (χ1) is 23.0. The number of ether oxygens (including phenoxy) is 2. The molecule has 0 bridgehead atoms. The van der Waals surface area contributed by atoms with Crippen molar-refractivity contribution in [3.63, 3.8) is 0 Å². The van der Waals surface area contributed by atoms with Crippen molar-refractivity contribution in [3.05, 3.63) is 119 Å². The highest BCUT2D eigenvalue weighted by atomic mass is 32.2. The largest absolute Gasteiger partial charge is 0.508 e. The van der Waals surface area contributed by atoms with E-state index in [0.717, 1.165) is 39.1 Å². The zero-order chi connectivity index (χ0) is 32.6. The zero-order valence-corrected chi connectivity index (χ0v) is 26.6. The van der Waals surface area contributed by atoms with Crippen LogP contribution in [0.2, 0.25) is 0 Å². The predicted octanol–water partition coefficient (Wildman–Crippen LogP) is 5.68. The molecule has 4 N–H and O–H groups in total. The number of tetrazole rings is 1. The van der Waals surface area contributed by atoms with Crippen molar-refractivity contribution < 1.29 is 24.5 Å². The second kappa shape index (κ2) is 15.2. The van der Waals surface area contributed by atoms with E-state index in [4.69, 9.17) is 9.47 Å². The van der Waals surface area contributed by atoms with Gasteiger partial charge in [-0.15, -0.1) is 5.10 Å². The number of urea groups is 1. The number of nitrogens with one attached hydrogen (secondary N) is 2. The van der Waals surface area contributed by atoms with Crippen molar-refractivity contribution in [3.8, 4) is 22.6 Å². The van der Waals surface area contributed by atoms with Crippen molar-refractivity contribution in [2.75, 3.05) is 12.3 Å². The number of aromatic nitrogens is 4. The number of hydrogen-bond donors (Lipinski definition) is 4. The fourth-order valence-corrected chi connectivity index (χ4v) is 6.25. The third-order valence-electron chi connectivity index (χ3n) is 7.76. The lowest BCUT2D eigenvalue weighted by atomic mass is 9.99. The summed E-state index contributed by atoms with van der Waals surface area (Å²) in [6, 6.07) is 30.5. The van der Waals surface area contributed by atoms with Gasteiger partial charge in [0.1, 0.15) is 5.75 Å². The highest BCUT2D eigenvalue weighted by Crippen LogP contribution is 2.40. The van der Waals surface area contributed by atoms with E-state index in [1.165, 1.54) is 11.8 Å². The van der Waals surface area contributed by atoms with E-state index >= 15 is 0 Å². The summed E-state index contributed by atoms with van der Waals surface area (Å²) in [6.45, 7) is 2.84. The normalized spacial score (nSPS) is 17.7. The number of aliphatic hydroxyl groups excluding tert-OH is 1. The van der Waals surface area contributed by atoms with E-state index in [1.807, 2.05) is 67.6 Å². The number of amides is 2. The molecular formula is C35H36N6O5S. The summed E-state index contributed by atoms with van der Waals surface area (Å²) in [5.41, 5.74) is 6.47.